The molecule has 0 atom stereocenters. The summed E-state index contributed by atoms with van der Waals surface area (Å²) in [4.78, 5) is 2.46. The van der Waals surface area contributed by atoms with Crippen molar-refractivity contribution < 1.29 is 0 Å². The molecule has 0 unspecified atom stereocenters. The van der Waals surface area contributed by atoms with Gasteiger partial charge < -0.3 is 4.90 Å². The van der Waals surface area contributed by atoms with Gasteiger partial charge in [-0.25, -0.2) is 0 Å². The van der Waals surface area contributed by atoms with Crippen LogP contribution in [-0.4, -0.2) is 0 Å². The number of hydrogen-bond acceptors (Lipinski definition) is 2. The minimum atomic E-state index is -0.0864. The Morgan fingerprint density at radius 2 is 1.12 bits per heavy atom. The van der Waals surface area contributed by atoms with Crippen LogP contribution in [0.5, 0.6) is 0 Å². The molecule has 51 heavy (non-hydrogen) atoms. The standard InChI is InChI=1S/C49H35NS/c1-49(2)42-21-8-6-17-40(42)48-43(49)22-12-23-44(48)50(36-16-10-15-34(31-36)32-13-4-3-5-14-32)35-27-25-33(26-28-35)37-19-11-20-39-38(37)29-30-46-47(39)41-18-7-9-24-45(41)51-46/h3-31H,1-2H3. The quantitative estimate of drug-likeness (QED) is 0.176. The zero-order valence-electron chi connectivity index (χ0n) is 28.6. The second-order valence-corrected chi connectivity index (χ2v) is 15.2. The lowest BCUT2D eigenvalue weighted by Gasteiger charge is -2.29. The number of thiophene rings is 1. The summed E-state index contributed by atoms with van der Waals surface area (Å²) in [5.41, 5.74) is 13.6. The molecule has 0 spiro atoms. The van der Waals surface area contributed by atoms with Gasteiger partial charge in [0.25, 0.3) is 0 Å². The molecule has 242 valence electrons. The third kappa shape index (κ3) is 4.67. The van der Waals surface area contributed by atoms with Gasteiger partial charge in [-0.05, 0) is 92.2 Å². The van der Waals surface area contributed by atoms with Crippen molar-refractivity contribution in [3.05, 3.63) is 187 Å². The summed E-state index contributed by atoms with van der Waals surface area (Å²) in [5, 5.41) is 5.29. The van der Waals surface area contributed by atoms with Crippen molar-refractivity contribution in [1.29, 1.82) is 0 Å². The molecule has 1 nitrogen and oxygen atoms in total. The number of rotatable bonds is 5. The summed E-state index contributed by atoms with van der Waals surface area (Å²) < 4.78 is 2.68. The normalized spacial score (nSPS) is 13.1. The van der Waals surface area contributed by atoms with Gasteiger partial charge >= 0.3 is 0 Å². The van der Waals surface area contributed by atoms with Crippen molar-refractivity contribution in [2.24, 2.45) is 0 Å². The van der Waals surface area contributed by atoms with Crippen molar-refractivity contribution in [3.63, 3.8) is 0 Å². The maximum absolute atomic E-state index is 2.46. The molecule has 0 bridgehead atoms. The fraction of sp³-hybridized carbons (Fsp3) is 0.0612. The van der Waals surface area contributed by atoms with Gasteiger partial charge in [-0.15, -0.1) is 11.3 Å². The number of anilines is 3. The van der Waals surface area contributed by atoms with E-state index >= 15 is 0 Å². The van der Waals surface area contributed by atoms with Crippen LogP contribution in [0.4, 0.5) is 17.1 Å². The maximum atomic E-state index is 2.46. The average Bonchev–Trinajstić information content (AvgIpc) is 3.68. The molecule has 0 aliphatic heterocycles. The number of hydrogen-bond donors (Lipinski definition) is 0. The summed E-state index contributed by atoms with van der Waals surface area (Å²) in [6.07, 6.45) is 0. The second kappa shape index (κ2) is 11.6. The Balaban J connectivity index is 1.15. The fourth-order valence-electron chi connectivity index (χ4n) is 8.43. The Labute approximate surface area is 302 Å². The van der Waals surface area contributed by atoms with Gasteiger partial charge in [0, 0.05) is 42.5 Å². The lowest BCUT2D eigenvalue weighted by molar-refractivity contribution is 0.660. The molecule has 2 heteroatoms. The minimum Gasteiger partial charge on any atom is -0.310 e. The first-order valence-corrected chi connectivity index (χ1v) is 18.5. The van der Waals surface area contributed by atoms with Crippen molar-refractivity contribution in [1.82, 2.24) is 0 Å². The van der Waals surface area contributed by atoms with E-state index in [1.165, 1.54) is 81.1 Å². The molecule has 8 aromatic carbocycles. The van der Waals surface area contributed by atoms with E-state index in [1.54, 1.807) is 0 Å². The van der Waals surface area contributed by atoms with Crippen LogP contribution in [0.25, 0.3) is 64.3 Å². The highest BCUT2D eigenvalue weighted by atomic mass is 32.1. The van der Waals surface area contributed by atoms with Crippen LogP contribution in [0.2, 0.25) is 0 Å². The van der Waals surface area contributed by atoms with Gasteiger partial charge in [0.15, 0.2) is 0 Å². The van der Waals surface area contributed by atoms with Crippen LogP contribution in [0, 0.1) is 0 Å². The molecule has 0 saturated carbocycles. The molecule has 10 rings (SSSR count). The Kier molecular flexibility index (Phi) is 6.78. The van der Waals surface area contributed by atoms with Crippen molar-refractivity contribution >= 4 is 59.3 Å². The summed E-state index contributed by atoms with van der Waals surface area (Å²) in [7, 11) is 0. The molecule has 0 N–H and O–H groups in total. The zero-order valence-corrected chi connectivity index (χ0v) is 29.4. The average molecular weight is 670 g/mol. The Morgan fingerprint density at radius 3 is 2.00 bits per heavy atom. The lowest BCUT2D eigenvalue weighted by Crippen LogP contribution is -2.16. The van der Waals surface area contributed by atoms with E-state index < -0.39 is 0 Å². The van der Waals surface area contributed by atoms with E-state index in [4.69, 9.17) is 0 Å². The van der Waals surface area contributed by atoms with Crippen LogP contribution in [-0.2, 0) is 5.41 Å². The highest BCUT2D eigenvalue weighted by molar-refractivity contribution is 7.26. The number of fused-ring (bicyclic) bond motifs is 8. The van der Waals surface area contributed by atoms with Crippen molar-refractivity contribution in [2.75, 3.05) is 4.90 Å². The zero-order chi connectivity index (χ0) is 34.1. The van der Waals surface area contributed by atoms with E-state index in [-0.39, 0.29) is 5.41 Å². The van der Waals surface area contributed by atoms with Gasteiger partial charge in [-0.3, -0.25) is 0 Å². The van der Waals surface area contributed by atoms with Gasteiger partial charge in [0.05, 0.1) is 5.69 Å². The third-order valence-corrected chi connectivity index (χ3v) is 12.0. The van der Waals surface area contributed by atoms with Crippen LogP contribution in [0.1, 0.15) is 25.0 Å². The van der Waals surface area contributed by atoms with Crippen molar-refractivity contribution in [2.45, 2.75) is 19.3 Å². The van der Waals surface area contributed by atoms with E-state index in [0.29, 0.717) is 0 Å². The predicted octanol–water partition coefficient (Wildman–Crippen LogP) is 14.3. The third-order valence-electron chi connectivity index (χ3n) is 10.9. The van der Waals surface area contributed by atoms with Gasteiger partial charge in [-0.2, -0.15) is 0 Å². The first-order valence-electron chi connectivity index (χ1n) is 17.7. The molecule has 1 aliphatic rings. The molecular formula is C49H35NS. The molecule has 1 heterocycles. The molecule has 0 radical (unpaired) electrons. The molecule has 9 aromatic rings. The molecule has 0 fully saturated rings. The molecule has 0 saturated heterocycles. The van der Waals surface area contributed by atoms with E-state index in [9.17, 15) is 0 Å². The summed E-state index contributed by atoms with van der Waals surface area (Å²) in [6, 6.07) is 64.8. The SMILES string of the molecule is CC1(C)c2ccccc2-c2c(N(c3ccc(-c4cccc5c4ccc4sc6ccccc6c45)cc3)c3cccc(-c4ccccc4)c3)cccc21. The molecule has 1 aliphatic carbocycles. The highest BCUT2D eigenvalue weighted by Gasteiger charge is 2.37. The highest BCUT2D eigenvalue weighted by Crippen LogP contribution is 2.54. The predicted molar refractivity (Wildman–Crippen MR) is 220 cm³/mol. The molecular weight excluding hydrogens is 635 g/mol. The summed E-state index contributed by atoms with van der Waals surface area (Å²) in [5.74, 6) is 0. The summed E-state index contributed by atoms with van der Waals surface area (Å²) in [6.45, 7) is 4.71. The molecule has 1 aromatic heterocycles. The van der Waals surface area contributed by atoms with Gasteiger partial charge in [0.1, 0.15) is 0 Å². The van der Waals surface area contributed by atoms with Crippen LogP contribution < -0.4 is 4.90 Å². The van der Waals surface area contributed by atoms with E-state index in [0.717, 1.165) is 11.4 Å². The van der Waals surface area contributed by atoms with E-state index in [2.05, 4.69) is 195 Å². The lowest BCUT2D eigenvalue weighted by atomic mass is 9.82. The number of nitrogens with zero attached hydrogens (tertiary/aromatic N) is 1. The minimum absolute atomic E-state index is 0.0864. The first kappa shape index (κ1) is 29.9. The Bertz CT molecular complexity index is 2770. The summed E-state index contributed by atoms with van der Waals surface area (Å²) >= 11 is 1.88. The second-order valence-electron chi connectivity index (χ2n) is 14.1. The van der Waals surface area contributed by atoms with Gasteiger partial charge in [-0.1, -0.05) is 147 Å². The fourth-order valence-corrected chi connectivity index (χ4v) is 9.55. The smallest absolute Gasteiger partial charge is 0.0543 e. The van der Waals surface area contributed by atoms with Gasteiger partial charge in [0.2, 0.25) is 0 Å². The molecule has 0 amide bonds. The van der Waals surface area contributed by atoms with Crippen LogP contribution in [0.15, 0.2) is 176 Å². The monoisotopic (exact) mass is 669 g/mol. The Morgan fingerprint density at radius 1 is 0.431 bits per heavy atom. The van der Waals surface area contributed by atoms with Crippen LogP contribution >= 0.6 is 11.3 Å². The van der Waals surface area contributed by atoms with Crippen molar-refractivity contribution in [3.8, 4) is 33.4 Å². The topological polar surface area (TPSA) is 3.24 Å². The van der Waals surface area contributed by atoms with Crippen LogP contribution in [0.3, 0.4) is 0 Å². The van der Waals surface area contributed by atoms with E-state index in [1.807, 2.05) is 11.3 Å². The number of benzene rings is 8. The maximum Gasteiger partial charge on any atom is 0.0543 e. The Hall–Kier alpha value is -5.96. The first-order chi connectivity index (χ1) is 25.1. The largest absolute Gasteiger partial charge is 0.310 e.